The highest BCUT2D eigenvalue weighted by Gasteiger charge is 2.22. The number of piperazine rings is 1. The van der Waals surface area contributed by atoms with Crippen molar-refractivity contribution >= 4 is 22.9 Å². The third kappa shape index (κ3) is 5.63. The van der Waals surface area contributed by atoms with E-state index in [9.17, 15) is 4.79 Å². The number of carbonyl (C=O) groups is 1. The van der Waals surface area contributed by atoms with Crippen molar-refractivity contribution < 1.29 is 4.79 Å². The smallest absolute Gasteiger partial charge is 0.238 e. The van der Waals surface area contributed by atoms with Crippen LogP contribution in [-0.4, -0.2) is 53.4 Å². The minimum Gasteiger partial charge on any atom is -0.325 e. The Kier molecular flexibility index (Phi) is 6.53. The van der Waals surface area contributed by atoms with Gasteiger partial charge in [-0.05, 0) is 25.5 Å². The van der Waals surface area contributed by atoms with E-state index in [1.54, 1.807) is 11.3 Å². The summed E-state index contributed by atoms with van der Waals surface area (Å²) in [7, 11) is 0. The highest BCUT2D eigenvalue weighted by Crippen LogP contribution is 2.24. The number of hydrogen-bond acceptors (Lipinski definition) is 5. The molecule has 1 aromatic heterocycles. The molecule has 1 aliphatic rings. The Labute approximate surface area is 172 Å². The minimum absolute atomic E-state index is 0.0649. The predicted octanol–water partition coefficient (Wildman–Crippen LogP) is 3.81. The molecule has 3 rings (SSSR count). The van der Waals surface area contributed by atoms with Crippen molar-refractivity contribution in [3.8, 4) is 0 Å². The van der Waals surface area contributed by atoms with Gasteiger partial charge in [0.1, 0.15) is 5.01 Å². The first-order chi connectivity index (χ1) is 13.2. The summed E-state index contributed by atoms with van der Waals surface area (Å²) < 4.78 is 0. The van der Waals surface area contributed by atoms with Crippen molar-refractivity contribution in [3.05, 3.63) is 45.4 Å². The lowest BCUT2D eigenvalue weighted by atomic mass is 9.93. The van der Waals surface area contributed by atoms with Crippen LogP contribution in [0.1, 0.15) is 42.6 Å². The Morgan fingerprint density at radius 1 is 1.14 bits per heavy atom. The highest BCUT2D eigenvalue weighted by molar-refractivity contribution is 7.09. The summed E-state index contributed by atoms with van der Waals surface area (Å²) in [5.41, 5.74) is 4.51. The number of aromatic nitrogens is 1. The molecule has 0 saturated carbocycles. The third-order valence-corrected chi connectivity index (χ3v) is 6.00. The number of thiazole rings is 1. The molecule has 1 N–H and O–H groups in total. The van der Waals surface area contributed by atoms with E-state index in [1.807, 2.05) is 19.1 Å². The van der Waals surface area contributed by atoms with Gasteiger partial charge in [-0.3, -0.25) is 14.6 Å². The fourth-order valence-electron chi connectivity index (χ4n) is 3.37. The number of aryl methyl sites for hydroxylation is 2. The van der Waals surface area contributed by atoms with Gasteiger partial charge >= 0.3 is 0 Å². The molecular formula is C22H32N4OS. The van der Waals surface area contributed by atoms with Crippen LogP contribution in [0.25, 0.3) is 0 Å². The van der Waals surface area contributed by atoms with Crippen LogP contribution >= 0.6 is 11.3 Å². The van der Waals surface area contributed by atoms with E-state index in [4.69, 9.17) is 4.98 Å². The molecule has 0 atom stereocenters. The van der Waals surface area contributed by atoms with E-state index in [2.05, 4.69) is 54.3 Å². The number of amides is 1. The van der Waals surface area contributed by atoms with Crippen LogP contribution < -0.4 is 5.32 Å². The van der Waals surface area contributed by atoms with E-state index in [1.165, 1.54) is 16.3 Å². The maximum atomic E-state index is 12.4. The first kappa shape index (κ1) is 21.0. The first-order valence-electron chi connectivity index (χ1n) is 9.97. The van der Waals surface area contributed by atoms with Crippen LogP contribution in [0.3, 0.4) is 0 Å². The highest BCUT2D eigenvalue weighted by atomic mass is 32.1. The van der Waals surface area contributed by atoms with Gasteiger partial charge < -0.3 is 5.32 Å². The molecule has 1 saturated heterocycles. The molecule has 0 spiro atoms. The molecule has 0 aliphatic carbocycles. The summed E-state index contributed by atoms with van der Waals surface area (Å²) in [6, 6.07) is 6.11. The van der Waals surface area contributed by atoms with E-state index in [0.717, 1.165) is 44.0 Å². The monoisotopic (exact) mass is 400 g/mol. The van der Waals surface area contributed by atoms with Crippen molar-refractivity contribution in [3.63, 3.8) is 0 Å². The molecular weight excluding hydrogens is 368 g/mol. The van der Waals surface area contributed by atoms with Crippen molar-refractivity contribution in [2.75, 3.05) is 38.0 Å². The summed E-state index contributed by atoms with van der Waals surface area (Å²) in [5, 5.41) is 6.42. The lowest BCUT2D eigenvalue weighted by molar-refractivity contribution is -0.117. The Morgan fingerprint density at radius 3 is 2.43 bits per heavy atom. The van der Waals surface area contributed by atoms with Gasteiger partial charge in [0.25, 0.3) is 0 Å². The number of hydrogen-bond donors (Lipinski definition) is 1. The number of carbonyl (C=O) groups excluding carboxylic acids is 1. The van der Waals surface area contributed by atoms with Crippen LogP contribution in [0.5, 0.6) is 0 Å². The molecule has 2 heterocycles. The van der Waals surface area contributed by atoms with Crippen LogP contribution in [0.15, 0.2) is 23.6 Å². The predicted molar refractivity (Wildman–Crippen MR) is 117 cm³/mol. The SMILES string of the molecule is Cc1ccc(NC(=O)CN2CCN(Cc3nc(C(C)(C)C)cs3)CC2)c(C)c1. The maximum Gasteiger partial charge on any atom is 0.238 e. The zero-order valence-corrected chi connectivity index (χ0v) is 18.5. The quantitative estimate of drug-likeness (QED) is 0.829. The molecule has 1 aromatic carbocycles. The number of anilines is 1. The molecule has 0 radical (unpaired) electrons. The summed E-state index contributed by atoms with van der Waals surface area (Å²) in [6.07, 6.45) is 0. The molecule has 5 nitrogen and oxygen atoms in total. The largest absolute Gasteiger partial charge is 0.325 e. The van der Waals surface area contributed by atoms with Gasteiger partial charge in [0.15, 0.2) is 0 Å². The standard InChI is InChI=1S/C22H32N4OS/c1-16-6-7-18(17(2)12-16)23-20(27)13-25-8-10-26(11-9-25)14-21-24-19(15-28-21)22(3,4)5/h6-7,12,15H,8-11,13-14H2,1-5H3,(H,23,27). The van der Waals surface area contributed by atoms with Gasteiger partial charge in [0.05, 0.1) is 18.8 Å². The second kappa shape index (κ2) is 8.72. The summed E-state index contributed by atoms with van der Waals surface area (Å²) in [6.45, 7) is 15.8. The fraction of sp³-hybridized carbons (Fsp3) is 0.545. The number of rotatable bonds is 5. The second-order valence-electron chi connectivity index (χ2n) is 8.80. The molecule has 0 bridgehead atoms. The molecule has 1 fully saturated rings. The topological polar surface area (TPSA) is 48.5 Å². The maximum absolute atomic E-state index is 12.4. The summed E-state index contributed by atoms with van der Waals surface area (Å²) in [5.74, 6) is 0.0649. The van der Waals surface area contributed by atoms with Crippen molar-refractivity contribution in [2.45, 2.75) is 46.6 Å². The van der Waals surface area contributed by atoms with E-state index in [-0.39, 0.29) is 11.3 Å². The molecule has 152 valence electrons. The van der Waals surface area contributed by atoms with Crippen molar-refractivity contribution in [2.24, 2.45) is 0 Å². The normalized spacial score (nSPS) is 16.3. The van der Waals surface area contributed by atoms with Crippen LogP contribution in [-0.2, 0) is 16.8 Å². The minimum atomic E-state index is 0.0649. The van der Waals surface area contributed by atoms with Crippen LogP contribution in [0.4, 0.5) is 5.69 Å². The molecule has 1 aliphatic heterocycles. The van der Waals surface area contributed by atoms with Crippen LogP contribution in [0.2, 0.25) is 0 Å². The zero-order chi connectivity index (χ0) is 20.3. The molecule has 28 heavy (non-hydrogen) atoms. The molecule has 6 heteroatoms. The lowest BCUT2D eigenvalue weighted by Crippen LogP contribution is -2.48. The van der Waals surface area contributed by atoms with Gasteiger partial charge in [0, 0.05) is 42.7 Å². The van der Waals surface area contributed by atoms with E-state index in [0.29, 0.717) is 6.54 Å². The summed E-state index contributed by atoms with van der Waals surface area (Å²) in [4.78, 5) is 21.9. The fourth-order valence-corrected chi connectivity index (χ4v) is 4.43. The summed E-state index contributed by atoms with van der Waals surface area (Å²) >= 11 is 1.75. The van der Waals surface area contributed by atoms with E-state index >= 15 is 0 Å². The Hall–Kier alpha value is -1.76. The van der Waals surface area contributed by atoms with E-state index < -0.39 is 0 Å². The molecule has 0 unspecified atom stereocenters. The number of nitrogens with zero attached hydrogens (tertiary/aromatic N) is 3. The van der Waals surface area contributed by atoms with Gasteiger partial charge in [-0.2, -0.15) is 0 Å². The Morgan fingerprint density at radius 2 is 1.82 bits per heavy atom. The Balaban J connectivity index is 1.45. The van der Waals surface area contributed by atoms with Crippen molar-refractivity contribution in [1.82, 2.24) is 14.8 Å². The number of benzene rings is 1. The van der Waals surface area contributed by atoms with Gasteiger partial charge in [0.2, 0.25) is 5.91 Å². The third-order valence-electron chi connectivity index (χ3n) is 5.17. The molecule has 1 amide bonds. The van der Waals surface area contributed by atoms with Crippen LogP contribution in [0, 0.1) is 13.8 Å². The first-order valence-corrected chi connectivity index (χ1v) is 10.9. The molecule has 2 aromatic rings. The number of nitrogens with one attached hydrogen (secondary N) is 1. The average molecular weight is 401 g/mol. The zero-order valence-electron chi connectivity index (χ0n) is 17.7. The lowest BCUT2D eigenvalue weighted by Gasteiger charge is -2.33. The van der Waals surface area contributed by atoms with Gasteiger partial charge in [-0.15, -0.1) is 11.3 Å². The average Bonchev–Trinajstić information content (AvgIpc) is 3.08. The van der Waals surface area contributed by atoms with Crippen molar-refractivity contribution in [1.29, 1.82) is 0 Å². The second-order valence-corrected chi connectivity index (χ2v) is 9.74. The van der Waals surface area contributed by atoms with Gasteiger partial charge in [-0.25, -0.2) is 4.98 Å². The van der Waals surface area contributed by atoms with Gasteiger partial charge in [-0.1, -0.05) is 38.5 Å². The Bertz CT molecular complexity index is 816.